The van der Waals surface area contributed by atoms with E-state index in [1.54, 1.807) is 6.08 Å². The van der Waals surface area contributed by atoms with Gasteiger partial charge in [0.1, 0.15) is 0 Å². The highest BCUT2D eigenvalue weighted by atomic mass is 16.3. The molecule has 0 saturated heterocycles. The van der Waals surface area contributed by atoms with Gasteiger partial charge >= 0.3 is 0 Å². The number of aliphatic hydroxyl groups is 2. The average molecular weight is 174 g/mol. The number of hydrogen-bond donors (Lipinski definition) is 2. The van der Waals surface area contributed by atoms with Crippen LogP contribution in [0.5, 0.6) is 0 Å². The molecule has 0 radical (unpaired) electrons. The van der Waals surface area contributed by atoms with Gasteiger partial charge in [-0.2, -0.15) is 0 Å². The van der Waals surface area contributed by atoms with Crippen LogP contribution in [0.15, 0.2) is 12.7 Å². The summed E-state index contributed by atoms with van der Waals surface area (Å²) < 4.78 is 0. The van der Waals surface area contributed by atoms with E-state index < -0.39 is 6.10 Å². The lowest BCUT2D eigenvalue weighted by Gasteiger charge is -2.23. The van der Waals surface area contributed by atoms with Gasteiger partial charge in [0.2, 0.25) is 0 Å². The zero-order chi connectivity index (χ0) is 8.85. The van der Waals surface area contributed by atoms with Crippen molar-refractivity contribution in [2.75, 3.05) is 6.61 Å². The van der Waals surface area contributed by atoms with E-state index in [0.717, 1.165) is 6.42 Å². The van der Waals surface area contributed by atoms with E-state index in [4.69, 9.17) is 5.11 Å². The standard InChI is InChI=1S/C9H18O2.CH4/c1-4-5-8(7(2)3)9(11)6-10;/h4,7-11H,1,5-6H2,2-3H3;1H4/t8-,9+;/m1./s1. The fourth-order valence-electron chi connectivity index (χ4n) is 1.20. The topological polar surface area (TPSA) is 40.5 Å². The highest BCUT2D eigenvalue weighted by molar-refractivity contribution is 4.79. The first-order valence-corrected chi connectivity index (χ1v) is 4.03. The maximum absolute atomic E-state index is 9.32. The van der Waals surface area contributed by atoms with Crippen molar-refractivity contribution in [3.63, 3.8) is 0 Å². The third-order valence-electron chi connectivity index (χ3n) is 1.98. The van der Waals surface area contributed by atoms with Crippen LogP contribution in [0.4, 0.5) is 0 Å². The van der Waals surface area contributed by atoms with Gasteiger partial charge < -0.3 is 10.2 Å². The van der Waals surface area contributed by atoms with Crippen molar-refractivity contribution in [2.24, 2.45) is 11.8 Å². The van der Waals surface area contributed by atoms with Crippen molar-refractivity contribution in [3.8, 4) is 0 Å². The third kappa shape index (κ3) is 4.52. The number of allylic oxidation sites excluding steroid dienone is 1. The highest BCUT2D eigenvalue weighted by Crippen LogP contribution is 2.19. The molecule has 0 unspecified atom stereocenters. The molecule has 0 aromatic rings. The Balaban J connectivity index is 0. The molecule has 2 heteroatoms. The van der Waals surface area contributed by atoms with Crippen molar-refractivity contribution in [3.05, 3.63) is 12.7 Å². The normalized spacial score (nSPS) is 15.1. The van der Waals surface area contributed by atoms with Crippen molar-refractivity contribution in [1.82, 2.24) is 0 Å². The van der Waals surface area contributed by atoms with Crippen molar-refractivity contribution < 1.29 is 10.2 Å². The lowest BCUT2D eigenvalue weighted by molar-refractivity contribution is 0.0303. The summed E-state index contributed by atoms with van der Waals surface area (Å²) in [7, 11) is 0. The van der Waals surface area contributed by atoms with E-state index in [1.807, 2.05) is 13.8 Å². The predicted molar refractivity (Wildman–Crippen MR) is 53.0 cm³/mol. The Bertz CT molecular complexity index is 110. The van der Waals surface area contributed by atoms with Gasteiger partial charge in [-0.25, -0.2) is 0 Å². The van der Waals surface area contributed by atoms with Crippen LogP contribution in [0.1, 0.15) is 27.7 Å². The van der Waals surface area contributed by atoms with E-state index in [1.165, 1.54) is 0 Å². The molecular weight excluding hydrogens is 152 g/mol. The Hall–Kier alpha value is -0.340. The molecule has 0 saturated carbocycles. The zero-order valence-electron chi connectivity index (χ0n) is 7.33. The SMILES string of the molecule is C.C=CC[C@H](C(C)C)[C@@H](O)CO. The highest BCUT2D eigenvalue weighted by Gasteiger charge is 2.19. The van der Waals surface area contributed by atoms with Crippen molar-refractivity contribution in [1.29, 1.82) is 0 Å². The molecule has 0 fully saturated rings. The van der Waals surface area contributed by atoms with E-state index in [-0.39, 0.29) is 20.0 Å². The second-order valence-electron chi connectivity index (χ2n) is 3.18. The first-order valence-electron chi connectivity index (χ1n) is 4.03. The quantitative estimate of drug-likeness (QED) is 0.624. The van der Waals surface area contributed by atoms with Gasteiger partial charge in [-0.1, -0.05) is 27.4 Å². The predicted octanol–water partition coefficient (Wildman–Crippen LogP) is 1.82. The molecule has 0 aliphatic heterocycles. The van der Waals surface area contributed by atoms with Crippen molar-refractivity contribution >= 4 is 0 Å². The summed E-state index contributed by atoms with van der Waals surface area (Å²) in [6, 6.07) is 0. The summed E-state index contributed by atoms with van der Waals surface area (Å²) >= 11 is 0. The van der Waals surface area contributed by atoms with Gasteiger partial charge in [-0.15, -0.1) is 6.58 Å². The minimum absolute atomic E-state index is 0. The average Bonchev–Trinajstić information content (AvgIpc) is 1.98. The van der Waals surface area contributed by atoms with Crippen molar-refractivity contribution in [2.45, 2.75) is 33.8 Å². The molecule has 0 heterocycles. The Morgan fingerprint density at radius 3 is 2.17 bits per heavy atom. The maximum Gasteiger partial charge on any atom is 0.0804 e. The Kier molecular flexibility index (Phi) is 8.66. The Labute approximate surface area is 75.9 Å². The minimum Gasteiger partial charge on any atom is -0.394 e. The second kappa shape index (κ2) is 7.32. The molecule has 2 atom stereocenters. The van der Waals surface area contributed by atoms with Gasteiger partial charge in [0.15, 0.2) is 0 Å². The van der Waals surface area contributed by atoms with Gasteiger partial charge in [-0.3, -0.25) is 0 Å². The monoisotopic (exact) mass is 174 g/mol. The molecule has 0 aliphatic rings. The van der Waals surface area contributed by atoms with Crippen LogP contribution < -0.4 is 0 Å². The van der Waals surface area contributed by atoms with Gasteiger partial charge in [0.05, 0.1) is 12.7 Å². The fourth-order valence-corrected chi connectivity index (χ4v) is 1.20. The molecule has 0 aromatic heterocycles. The summed E-state index contributed by atoms with van der Waals surface area (Å²) in [5, 5.41) is 18.0. The van der Waals surface area contributed by atoms with E-state index in [2.05, 4.69) is 6.58 Å². The molecule has 0 spiro atoms. The van der Waals surface area contributed by atoms with E-state index >= 15 is 0 Å². The lowest BCUT2D eigenvalue weighted by atomic mass is 9.88. The molecule has 12 heavy (non-hydrogen) atoms. The molecule has 2 N–H and O–H groups in total. The van der Waals surface area contributed by atoms with E-state index in [9.17, 15) is 5.11 Å². The number of rotatable bonds is 5. The van der Waals surface area contributed by atoms with Crippen LogP contribution in [0.25, 0.3) is 0 Å². The van der Waals surface area contributed by atoms with Gasteiger partial charge in [0.25, 0.3) is 0 Å². The third-order valence-corrected chi connectivity index (χ3v) is 1.98. The smallest absolute Gasteiger partial charge is 0.0804 e. The lowest BCUT2D eigenvalue weighted by Crippen LogP contribution is -2.27. The van der Waals surface area contributed by atoms with Crippen LogP contribution in [0, 0.1) is 11.8 Å². The van der Waals surface area contributed by atoms with Crippen LogP contribution in [-0.4, -0.2) is 22.9 Å². The zero-order valence-corrected chi connectivity index (χ0v) is 7.33. The van der Waals surface area contributed by atoms with Crippen LogP contribution in [0.2, 0.25) is 0 Å². The number of hydrogen-bond acceptors (Lipinski definition) is 2. The summed E-state index contributed by atoms with van der Waals surface area (Å²) in [6.07, 6.45) is 1.94. The molecular formula is C10H22O2. The summed E-state index contributed by atoms with van der Waals surface area (Å²) in [5.41, 5.74) is 0. The molecule has 74 valence electrons. The minimum atomic E-state index is -0.604. The van der Waals surface area contributed by atoms with E-state index in [0.29, 0.717) is 5.92 Å². The van der Waals surface area contributed by atoms with Gasteiger partial charge in [0, 0.05) is 0 Å². The molecule has 0 bridgehead atoms. The van der Waals surface area contributed by atoms with Crippen LogP contribution >= 0.6 is 0 Å². The largest absolute Gasteiger partial charge is 0.394 e. The molecule has 0 aromatic carbocycles. The van der Waals surface area contributed by atoms with Gasteiger partial charge in [-0.05, 0) is 18.3 Å². The molecule has 0 rings (SSSR count). The number of aliphatic hydroxyl groups excluding tert-OH is 2. The molecule has 0 aliphatic carbocycles. The Morgan fingerprint density at radius 2 is 1.92 bits per heavy atom. The summed E-state index contributed by atoms with van der Waals surface area (Å²) in [6.45, 7) is 7.52. The summed E-state index contributed by atoms with van der Waals surface area (Å²) in [4.78, 5) is 0. The fraction of sp³-hybridized carbons (Fsp3) is 0.800. The van der Waals surface area contributed by atoms with Crippen LogP contribution in [0.3, 0.4) is 0 Å². The molecule has 0 amide bonds. The first-order chi connectivity index (χ1) is 5.13. The molecule has 2 nitrogen and oxygen atoms in total. The van der Waals surface area contributed by atoms with Crippen LogP contribution in [-0.2, 0) is 0 Å². The summed E-state index contributed by atoms with van der Waals surface area (Å²) in [5.74, 6) is 0.521. The maximum atomic E-state index is 9.32. The first kappa shape index (κ1) is 14.2. The Morgan fingerprint density at radius 1 is 1.42 bits per heavy atom. The second-order valence-corrected chi connectivity index (χ2v) is 3.18.